The zero-order chi connectivity index (χ0) is 23.7. The molecule has 1 aliphatic rings. The lowest BCUT2D eigenvalue weighted by molar-refractivity contribution is 0.241. The molecule has 0 aliphatic carbocycles. The third-order valence-corrected chi connectivity index (χ3v) is 6.45. The topological polar surface area (TPSA) is 75.2 Å². The van der Waals surface area contributed by atoms with Crippen molar-refractivity contribution in [3.63, 3.8) is 0 Å². The fourth-order valence-corrected chi connectivity index (χ4v) is 4.79. The van der Waals surface area contributed by atoms with Gasteiger partial charge in [-0.1, -0.05) is 41.6 Å². The van der Waals surface area contributed by atoms with Gasteiger partial charge in [0, 0.05) is 29.5 Å². The summed E-state index contributed by atoms with van der Waals surface area (Å²) in [7, 11) is 0. The van der Waals surface area contributed by atoms with Crippen LogP contribution in [0.1, 0.15) is 31.4 Å². The lowest BCUT2D eigenvalue weighted by Crippen LogP contribution is -2.20. The Morgan fingerprint density at radius 2 is 2.00 bits per heavy atom. The maximum Gasteiger partial charge on any atom is 0.258 e. The van der Waals surface area contributed by atoms with Crippen LogP contribution in [0.3, 0.4) is 0 Å². The van der Waals surface area contributed by atoms with Gasteiger partial charge in [-0.3, -0.25) is 4.90 Å². The Hall–Kier alpha value is -3.34. The van der Waals surface area contributed by atoms with Gasteiger partial charge in [-0.2, -0.15) is 22.9 Å². The Morgan fingerprint density at radius 3 is 2.74 bits per heavy atom. The summed E-state index contributed by atoms with van der Waals surface area (Å²) in [5, 5.41) is 16.5. The zero-order valence-electron chi connectivity index (χ0n) is 19.2. The lowest BCUT2D eigenvalue weighted by Gasteiger charge is -2.17. The van der Waals surface area contributed by atoms with Gasteiger partial charge in [0.25, 0.3) is 5.89 Å². The van der Waals surface area contributed by atoms with Crippen molar-refractivity contribution < 1.29 is 9.26 Å². The highest BCUT2D eigenvalue weighted by Crippen LogP contribution is 2.33. The van der Waals surface area contributed by atoms with E-state index in [0.717, 1.165) is 37.0 Å². The normalized spacial score (nSPS) is 16.3. The number of rotatable bonds is 6. The summed E-state index contributed by atoms with van der Waals surface area (Å²) in [6, 6.07) is 20.1. The number of hydrogen-bond donors (Lipinski definition) is 1. The molecule has 1 fully saturated rings. The fraction of sp³-hybridized carbons (Fsp3) is 0.296. The molecule has 6 nitrogen and oxygen atoms in total. The Morgan fingerprint density at radius 1 is 1.18 bits per heavy atom. The number of benzene rings is 3. The van der Waals surface area contributed by atoms with Gasteiger partial charge in [-0.05, 0) is 61.3 Å². The van der Waals surface area contributed by atoms with E-state index in [0.29, 0.717) is 33.8 Å². The molecule has 0 radical (unpaired) electrons. The van der Waals surface area contributed by atoms with Crippen LogP contribution in [0.25, 0.3) is 33.6 Å². The van der Waals surface area contributed by atoms with E-state index in [9.17, 15) is 5.26 Å². The average molecular weight is 471 g/mol. The molecule has 0 bridgehead atoms. The van der Waals surface area contributed by atoms with Gasteiger partial charge in [-0.15, -0.1) is 0 Å². The van der Waals surface area contributed by atoms with Gasteiger partial charge in [0.2, 0.25) is 5.82 Å². The zero-order valence-corrected chi connectivity index (χ0v) is 20.1. The van der Waals surface area contributed by atoms with Gasteiger partial charge in [0.15, 0.2) is 0 Å². The number of ether oxygens (including phenoxy) is 1. The number of hydrogen-bond acceptors (Lipinski definition) is 7. The first-order valence-electron chi connectivity index (χ1n) is 11.5. The largest absolute Gasteiger partial charge is 0.490 e. The molecule has 0 amide bonds. The third kappa shape index (κ3) is 4.52. The predicted octanol–water partition coefficient (Wildman–Crippen LogP) is 5.72. The second-order valence-corrected chi connectivity index (χ2v) is 9.64. The summed E-state index contributed by atoms with van der Waals surface area (Å²) in [4.78, 5) is 7.11. The van der Waals surface area contributed by atoms with Crippen LogP contribution < -0.4 is 4.74 Å². The summed E-state index contributed by atoms with van der Waals surface area (Å²) < 4.78 is 11.3. The highest BCUT2D eigenvalue weighted by Gasteiger charge is 2.21. The van der Waals surface area contributed by atoms with Gasteiger partial charge in [-0.25, -0.2) is 0 Å². The highest BCUT2D eigenvalue weighted by atomic mass is 32.1. The van der Waals surface area contributed by atoms with Crippen molar-refractivity contribution in [2.24, 2.45) is 0 Å². The van der Waals surface area contributed by atoms with E-state index in [2.05, 4.69) is 64.1 Å². The monoisotopic (exact) mass is 470 g/mol. The second kappa shape index (κ2) is 9.49. The molecule has 172 valence electrons. The molecule has 0 spiro atoms. The van der Waals surface area contributed by atoms with Crippen LogP contribution >= 0.6 is 12.6 Å². The number of fused-ring (bicyclic) bond motifs is 1. The molecule has 1 saturated heterocycles. The minimum atomic E-state index is -0.0194. The van der Waals surface area contributed by atoms with Gasteiger partial charge >= 0.3 is 0 Å². The maximum atomic E-state index is 9.54. The number of likely N-dealkylation sites (tertiary alicyclic amines) is 1. The first-order valence-corrected chi connectivity index (χ1v) is 12.0. The van der Waals surface area contributed by atoms with Crippen LogP contribution in [-0.2, 0) is 6.54 Å². The Bertz CT molecular complexity index is 1370. The lowest BCUT2D eigenvalue weighted by atomic mass is 9.99. The van der Waals surface area contributed by atoms with E-state index >= 15 is 0 Å². The number of aromatic nitrogens is 2. The number of thiol groups is 1. The predicted molar refractivity (Wildman–Crippen MR) is 136 cm³/mol. The third-order valence-electron chi connectivity index (χ3n) is 6.03. The minimum Gasteiger partial charge on any atom is -0.490 e. The maximum absolute atomic E-state index is 9.54. The molecule has 7 heteroatoms. The van der Waals surface area contributed by atoms with E-state index in [1.165, 1.54) is 10.9 Å². The molecule has 5 rings (SSSR count). The van der Waals surface area contributed by atoms with Crippen LogP contribution in [0, 0.1) is 11.3 Å². The van der Waals surface area contributed by atoms with Gasteiger partial charge in [0.05, 0.1) is 11.7 Å². The first-order chi connectivity index (χ1) is 16.5. The van der Waals surface area contributed by atoms with Crippen LogP contribution in [0.4, 0.5) is 0 Å². The Labute approximate surface area is 204 Å². The molecule has 0 saturated carbocycles. The average Bonchev–Trinajstić information content (AvgIpc) is 3.48. The molecule has 1 unspecified atom stereocenters. The Kier molecular flexibility index (Phi) is 6.27. The van der Waals surface area contributed by atoms with E-state index in [4.69, 9.17) is 9.26 Å². The van der Waals surface area contributed by atoms with Crippen molar-refractivity contribution in [1.29, 1.82) is 5.26 Å². The minimum absolute atomic E-state index is 0.0194. The smallest absolute Gasteiger partial charge is 0.258 e. The SMILES string of the molecule is CC(C)Oc1ccc(-c2nc(-c3ccc(CN4CCC(S)C4)c4ccccc34)no2)cc1C#N. The molecule has 1 atom stereocenters. The van der Waals surface area contributed by atoms with Crippen molar-refractivity contribution in [1.82, 2.24) is 15.0 Å². The molecule has 4 aromatic rings. The van der Waals surface area contributed by atoms with E-state index in [-0.39, 0.29) is 6.10 Å². The van der Waals surface area contributed by atoms with Crippen LogP contribution in [0.2, 0.25) is 0 Å². The molecule has 0 N–H and O–H groups in total. The van der Waals surface area contributed by atoms with Crippen LogP contribution in [0.5, 0.6) is 5.75 Å². The van der Waals surface area contributed by atoms with Crippen molar-refractivity contribution in [2.45, 2.75) is 38.2 Å². The summed E-state index contributed by atoms with van der Waals surface area (Å²) in [6.07, 6.45) is 1.11. The van der Waals surface area contributed by atoms with Crippen molar-refractivity contribution in [2.75, 3.05) is 13.1 Å². The molecule has 1 aliphatic heterocycles. The highest BCUT2D eigenvalue weighted by molar-refractivity contribution is 7.81. The van der Waals surface area contributed by atoms with Crippen LogP contribution in [-0.4, -0.2) is 39.5 Å². The van der Waals surface area contributed by atoms with Gasteiger partial charge < -0.3 is 9.26 Å². The summed E-state index contributed by atoms with van der Waals surface area (Å²) >= 11 is 4.63. The first kappa shape index (κ1) is 22.5. The standard InChI is InChI=1S/C27H26N4O2S/c1-17(2)32-25-10-8-18(13-20(25)14-28)27-29-26(30-33-27)24-9-7-19(15-31-12-11-21(34)16-31)22-5-3-4-6-23(22)24/h3-10,13,17,21,34H,11-12,15-16H2,1-2H3. The van der Waals surface area contributed by atoms with Gasteiger partial charge in [0.1, 0.15) is 11.8 Å². The Balaban J connectivity index is 1.47. The van der Waals surface area contributed by atoms with E-state index in [1.807, 2.05) is 26.0 Å². The van der Waals surface area contributed by atoms with Crippen LogP contribution in [0.15, 0.2) is 59.1 Å². The van der Waals surface area contributed by atoms with Crippen molar-refractivity contribution in [3.05, 3.63) is 65.7 Å². The fourth-order valence-electron chi connectivity index (χ4n) is 4.45. The molecule has 2 heterocycles. The molecular formula is C27H26N4O2S. The van der Waals surface area contributed by atoms with E-state index in [1.54, 1.807) is 12.1 Å². The number of nitriles is 1. The van der Waals surface area contributed by atoms with Crippen molar-refractivity contribution >= 4 is 23.4 Å². The number of nitrogens with zero attached hydrogens (tertiary/aromatic N) is 4. The second-order valence-electron chi connectivity index (χ2n) is 8.91. The summed E-state index contributed by atoms with van der Waals surface area (Å²) in [5.74, 6) is 1.44. The van der Waals surface area contributed by atoms with Crippen molar-refractivity contribution in [3.8, 4) is 34.7 Å². The van der Waals surface area contributed by atoms with E-state index < -0.39 is 0 Å². The molecule has 34 heavy (non-hydrogen) atoms. The molecule has 3 aromatic carbocycles. The summed E-state index contributed by atoms with van der Waals surface area (Å²) in [6.45, 7) is 6.84. The molecule has 1 aromatic heterocycles. The quantitative estimate of drug-likeness (QED) is 0.363. The molecular weight excluding hydrogens is 444 g/mol. The summed E-state index contributed by atoms with van der Waals surface area (Å²) in [5.41, 5.74) is 3.32.